The lowest BCUT2D eigenvalue weighted by atomic mass is 10.6. The second-order valence-electron chi connectivity index (χ2n) is 2.19. The van der Waals surface area contributed by atoms with Crippen molar-refractivity contribution in [1.82, 2.24) is 0 Å². The van der Waals surface area contributed by atoms with E-state index in [1.54, 1.807) is 0 Å². The molecule has 0 nitrogen and oxygen atoms in total. The van der Waals surface area contributed by atoms with Crippen molar-refractivity contribution in [2.75, 3.05) is 0 Å². The van der Waals surface area contributed by atoms with Crippen molar-refractivity contribution in [3.63, 3.8) is 0 Å². The molecule has 2 heterocycles. The van der Waals surface area contributed by atoms with E-state index in [1.807, 2.05) is 11.3 Å². The third kappa shape index (κ3) is 1.60. The summed E-state index contributed by atoms with van der Waals surface area (Å²) in [6, 6.07) is 2.20. The fraction of sp³-hybridized carbons (Fsp3) is 0. The topological polar surface area (TPSA) is 0 Å². The van der Waals surface area contributed by atoms with Crippen molar-refractivity contribution < 1.29 is 0 Å². The number of rotatable bonds is 1. The van der Waals surface area contributed by atoms with Crippen LogP contribution in [0.4, 0.5) is 0 Å². The lowest BCUT2D eigenvalue weighted by molar-refractivity contribution is 1.70. The summed E-state index contributed by atoms with van der Waals surface area (Å²) in [5.41, 5.74) is 0. The normalized spacial score (nSPS) is 18.1. The minimum atomic E-state index is -0.0920. The van der Waals surface area contributed by atoms with Crippen LogP contribution in [0.3, 0.4) is 0 Å². The zero-order valence-electron chi connectivity index (χ0n) is 5.70. The van der Waals surface area contributed by atoms with Gasteiger partial charge in [0.1, 0.15) is 0 Å². The monoisotopic (exact) mass is 246 g/mol. The highest BCUT2D eigenvalue weighted by Gasteiger charge is 2.04. The van der Waals surface area contributed by atoms with Gasteiger partial charge in [0.05, 0.1) is 0 Å². The van der Waals surface area contributed by atoms with Crippen LogP contribution in [0, 0.1) is 0 Å². The molecule has 3 heteroatoms. The molecule has 1 aliphatic rings. The molecular weight excluding hydrogens is 240 g/mol. The molecule has 58 valence electrons. The predicted molar refractivity (Wildman–Crippen MR) is 57.6 cm³/mol. The Kier molecular flexibility index (Phi) is 2.20. The van der Waals surface area contributed by atoms with Gasteiger partial charge < -0.3 is 0 Å². The fourth-order valence-corrected chi connectivity index (χ4v) is 4.51. The van der Waals surface area contributed by atoms with Gasteiger partial charge in [0.15, 0.2) is 0 Å². The first-order valence-electron chi connectivity index (χ1n) is 3.23. The van der Waals surface area contributed by atoms with Crippen LogP contribution in [0.25, 0.3) is 0 Å². The Morgan fingerprint density at radius 3 is 2.55 bits per heavy atom. The molecule has 0 saturated carbocycles. The molecule has 1 aromatic heterocycles. The molecule has 0 fully saturated rings. The van der Waals surface area contributed by atoms with Crippen LogP contribution in [0.1, 0.15) is 0 Å². The van der Waals surface area contributed by atoms with Gasteiger partial charge in [-0.3, -0.25) is 0 Å². The van der Waals surface area contributed by atoms with Crippen LogP contribution < -0.4 is 0 Å². The molecule has 0 aliphatic carbocycles. The third-order valence-electron chi connectivity index (χ3n) is 1.41. The molecule has 0 amide bonds. The summed E-state index contributed by atoms with van der Waals surface area (Å²) in [4.78, 5) is 0. The predicted octanol–water partition coefficient (Wildman–Crippen LogP) is 3.91. The first-order valence-corrected chi connectivity index (χ1v) is 6.39. The minimum absolute atomic E-state index is 0.0920. The minimum Gasteiger partial charge on any atom is -0.177 e. The van der Waals surface area contributed by atoms with Crippen LogP contribution >= 0.6 is 38.2 Å². The summed E-state index contributed by atoms with van der Waals surface area (Å²) in [6.07, 6.45) is 4.25. The molecular formula is C8H7BrS2. The van der Waals surface area contributed by atoms with Crippen LogP contribution in [0.15, 0.2) is 43.1 Å². The second kappa shape index (κ2) is 3.17. The summed E-state index contributed by atoms with van der Waals surface area (Å²) in [6.45, 7) is 0. The van der Waals surface area contributed by atoms with E-state index in [4.69, 9.17) is 0 Å². The van der Waals surface area contributed by atoms with Gasteiger partial charge in [0, 0.05) is 14.1 Å². The van der Waals surface area contributed by atoms with Crippen molar-refractivity contribution in [2.24, 2.45) is 0 Å². The SMILES string of the molecule is Brc1csc([SH]2C=CC=C2)c1. The second-order valence-corrected chi connectivity index (χ2v) is 6.22. The quantitative estimate of drug-likeness (QED) is 0.714. The number of allylic oxidation sites excluding steroid dienone is 2. The number of halogens is 1. The largest absolute Gasteiger partial charge is 0.177 e. The summed E-state index contributed by atoms with van der Waals surface area (Å²) < 4.78 is 2.67. The fourth-order valence-electron chi connectivity index (χ4n) is 0.920. The number of thiophene rings is 1. The molecule has 0 atom stereocenters. The number of hydrogen-bond donors (Lipinski definition) is 1. The lowest BCUT2D eigenvalue weighted by Crippen LogP contribution is -1.61. The molecule has 0 aromatic carbocycles. The van der Waals surface area contributed by atoms with E-state index in [1.165, 1.54) is 8.68 Å². The van der Waals surface area contributed by atoms with Gasteiger partial charge in [-0.05, 0) is 32.8 Å². The standard InChI is InChI=1S/C8H7BrS2/c9-7-5-8(10-6-7)11-3-1-2-4-11/h1-6,11H. The third-order valence-corrected chi connectivity index (χ3v) is 5.48. The molecule has 0 N–H and O–H groups in total. The van der Waals surface area contributed by atoms with E-state index in [-0.39, 0.29) is 10.9 Å². The average molecular weight is 247 g/mol. The molecule has 2 rings (SSSR count). The first kappa shape index (κ1) is 7.65. The van der Waals surface area contributed by atoms with Crippen molar-refractivity contribution in [3.05, 3.63) is 38.9 Å². The van der Waals surface area contributed by atoms with E-state index in [9.17, 15) is 0 Å². The zero-order chi connectivity index (χ0) is 7.68. The lowest BCUT2D eigenvalue weighted by Gasteiger charge is -2.04. The van der Waals surface area contributed by atoms with Crippen LogP contribution in [0.5, 0.6) is 0 Å². The van der Waals surface area contributed by atoms with Crippen molar-refractivity contribution >= 4 is 38.2 Å². The highest BCUT2D eigenvalue weighted by atomic mass is 79.9. The molecule has 0 radical (unpaired) electrons. The maximum Gasteiger partial charge on any atom is 0.0484 e. The van der Waals surface area contributed by atoms with Crippen molar-refractivity contribution in [2.45, 2.75) is 4.21 Å². The summed E-state index contributed by atoms with van der Waals surface area (Å²) in [7, 11) is -0.0920. The van der Waals surface area contributed by atoms with E-state index in [0.717, 1.165) is 0 Å². The van der Waals surface area contributed by atoms with E-state index in [0.29, 0.717) is 0 Å². The van der Waals surface area contributed by atoms with E-state index in [2.05, 4.69) is 50.3 Å². The molecule has 11 heavy (non-hydrogen) atoms. The first-order chi connectivity index (χ1) is 5.36. The van der Waals surface area contributed by atoms with Gasteiger partial charge in [-0.1, -0.05) is 12.2 Å². The average Bonchev–Trinajstić information content (AvgIpc) is 2.55. The van der Waals surface area contributed by atoms with E-state index < -0.39 is 0 Å². The van der Waals surface area contributed by atoms with E-state index >= 15 is 0 Å². The number of hydrogen-bond acceptors (Lipinski definition) is 1. The van der Waals surface area contributed by atoms with Gasteiger partial charge >= 0.3 is 0 Å². The summed E-state index contributed by atoms with van der Waals surface area (Å²) in [5, 5.41) is 6.68. The highest BCUT2D eigenvalue weighted by Crippen LogP contribution is 2.45. The van der Waals surface area contributed by atoms with Gasteiger partial charge in [-0.15, -0.1) is 11.3 Å². The highest BCUT2D eigenvalue weighted by molar-refractivity contribution is 9.10. The summed E-state index contributed by atoms with van der Waals surface area (Å²) >= 11 is 5.28. The molecule has 0 spiro atoms. The Morgan fingerprint density at radius 2 is 2.00 bits per heavy atom. The van der Waals surface area contributed by atoms with Gasteiger partial charge in [0.2, 0.25) is 0 Å². The molecule has 0 saturated heterocycles. The Balaban J connectivity index is 2.29. The van der Waals surface area contributed by atoms with Crippen LogP contribution in [-0.2, 0) is 0 Å². The Bertz CT molecular complexity index is 300. The molecule has 1 aliphatic heterocycles. The molecule has 0 bridgehead atoms. The maximum atomic E-state index is 3.45. The van der Waals surface area contributed by atoms with Gasteiger partial charge in [-0.25, -0.2) is 0 Å². The smallest absolute Gasteiger partial charge is 0.0484 e. The van der Waals surface area contributed by atoms with Crippen molar-refractivity contribution in [3.8, 4) is 0 Å². The Labute approximate surface area is 81.1 Å². The van der Waals surface area contributed by atoms with Gasteiger partial charge in [-0.2, -0.15) is 10.9 Å². The zero-order valence-corrected chi connectivity index (χ0v) is 8.99. The molecule has 0 unspecified atom stereocenters. The Morgan fingerprint density at radius 1 is 1.27 bits per heavy atom. The van der Waals surface area contributed by atoms with Crippen LogP contribution in [-0.4, -0.2) is 0 Å². The summed E-state index contributed by atoms with van der Waals surface area (Å²) in [5.74, 6) is 0. The number of thiol groups is 1. The van der Waals surface area contributed by atoms with Gasteiger partial charge in [0.25, 0.3) is 0 Å². The maximum absolute atomic E-state index is 3.45. The van der Waals surface area contributed by atoms with Crippen molar-refractivity contribution in [1.29, 1.82) is 0 Å². The van der Waals surface area contributed by atoms with Crippen LogP contribution in [0.2, 0.25) is 0 Å². The molecule has 1 aromatic rings. The Hall–Kier alpha value is 0.01000.